The summed E-state index contributed by atoms with van der Waals surface area (Å²) >= 11 is 0. The summed E-state index contributed by atoms with van der Waals surface area (Å²) in [5, 5.41) is 5.85. The van der Waals surface area contributed by atoms with Crippen molar-refractivity contribution in [3.05, 3.63) is 64.6 Å². The molecule has 0 atom stereocenters. The third-order valence-corrected chi connectivity index (χ3v) is 5.43. The first-order valence-electron chi connectivity index (χ1n) is 9.07. The fourth-order valence-electron chi connectivity index (χ4n) is 2.49. The topological polar surface area (TPSA) is 171 Å². The monoisotopic (exact) mass is 448 g/mol. The molecule has 0 unspecified atom stereocenters. The van der Waals surface area contributed by atoms with Crippen LogP contribution in [0.1, 0.15) is 11.3 Å². The van der Waals surface area contributed by atoms with Crippen molar-refractivity contribution in [2.45, 2.75) is 18.4 Å². The van der Waals surface area contributed by atoms with Crippen LogP contribution in [0.4, 0.5) is 5.69 Å². The minimum absolute atomic E-state index is 0.0110. The van der Waals surface area contributed by atoms with E-state index in [1.165, 1.54) is 24.3 Å². The number of nitrogens with two attached hydrogens (primary N) is 2. The van der Waals surface area contributed by atoms with Crippen LogP contribution < -0.4 is 27.1 Å². The van der Waals surface area contributed by atoms with Gasteiger partial charge in [0.15, 0.2) is 0 Å². The minimum atomic E-state index is -3.99. The van der Waals surface area contributed by atoms with Gasteiger partial charge in [0.25, 0.3) is 15.6 Å². The minimum Gasteiger partial charge on any atom is -0.391 e. The van der Waals surface area contributed by atoms with Crippen LogP contribution in [0.2, 0.25) is 0 Å². The van der Waals surface area contributed by atoms with Crippen LogP contribution in [0.5, 0.6) is 0 Å². The van der Waals surface area contributed by atoms with Crippen molar-refractivity contribution < 1.29 is 18.0 Å². The summed E-state index contributed by atoms with van der Waals surface area (Å²) < 4.78 is 28.7. The molecule has 11 nitrogen and oxygen atoms in total. The quantitative estimate of drug-likeness (QED) is 0.170. The zero-order valence-corrected chi connectivity index (χ0v) is 17.7. The van der Waals surface area contributed by atoms with Gasteiger partial charge < -0.3 is 26.2 Å². The lowest BCUT2D eigenvalue weighted by Gasteiger charge is -2.13. The average Bonchev–Trinajstić information content (AvgIpc) is 2.72. The van der Waals surface area contributed by atoms with Crippen molar-refractivity contribution in [2.75, 3.05) is 17.9 Å². The van der Waals surface area contributed by atoms with E-state index in [0.717, 1.165) is 10.1 Å². The number of aryl methyl sites for hydroxylation is 1. The number of guanidine groups is 1. The Morgan fingerprint density at radius 1 is 1.23 bits per heavy atom. The van der Waals surface area contributed by atoms with Crippen LogP contribution in [0.15, 0.2) is 57.8 Å². The van der Waals surface area contributed by atoms with Gasteiger partial charge in [0.2, 0.25) is 11.9 Å². The second kappa shape index (κ2) is 10.3. The molecule has 0 bridgehead atoms. The molecular formula is C19H24N6O5S. The van der Waals surface area contributed by atoms with E-state index in [4.69, 9.17) is 16.3 Å². The van der Waals surface area contributed by atoms with Crippen LogP contribution in [-0.4, -0.2) is 38.0 Å². The number of carbonyl (C=O) groups is 1. The lowest BCUT2D eigenvalue weighted by Crippen LogP contribution is -2.36. The first-order valence-corrected chi connectivity index (χ1v) is 10.6. The van der Waals surface area contributed by atoms with Crippen LogP contribution in [-0.2, 0) is 26.2 Å². The fraction of sp³-hybridized carbons (Fsp3) is 0.211. The van der Waals surface area contributed by atoms with Crippen molar-refractivity contribution in [1.29, 1.82) is 0 Å². The Labute approximate surface area is 179 Å². The van der Waals surface area contributed by atoms with E-state index in [9.17, 15) is 18.0 Å². The number of benzene rings is 1. The maximum absolute atomic E-state index is 12.8. The number of anilines is 1. The first-order chi connectivity index (χ1) is 14.6. The summed E-state index contributed by atoms with van der Waals surface area (Å²) in [5.74, 6) is -0.719. The fourth-order valence-corrected chi connectivity index (χ4v) is 3.54. The van der Waals surface area contributed by atoms with Gasteiger partial charge >= 0.3 is 0 Å². The Morgan fingerprint density at radius 2 is 1.90 bits per heavy atom. The van der Waals surface area contributed by atoms with Crippen LogP contribution in [0.25, 0.3) is 6.08 Å². The molecule has 0 aliphatic carbocycles. The van der Waals surface area contributed by atoms with E-state index < -0.39 is 21.5 Å². The number of aromatic nitrogens is 1. The van der Waals surface area contributed by atoms with Crippen LogP contribution >= 0.6 is 0 Å². The zero-order chi connectivity index (χ0) is 23.0. The van der Waals surface area contributed by atoms with Gasteiger partial charge in [-0.25, -0.2) is 8.42 Å². The van der Waals surface area contributed by atoms with Gasteiger partial charge in [-0.15, -0.1) is 0 Å². The molecule has 31 heavy (non-hydrogen) atoms. The number of rotatable bonds is 10. The predicted molar refractivity (Wildman–Crippen MR) is 118 cm³/mol. The van der Waals surface area contributed by atoms with E-state index in [1.807, 2.05) is 0 Å². The summed E-state index contributed by atoms with van der Waals surface area (Å²) in [6.07, 6.45) is 1.58. The van der Waals surface area contributed by atoms with Gasteiger partial charge in [0.1, 0.15) is 18.8 Å². The Balaban J connectivity index is 2.12. The number of nitrogens with one attached hydrogen (secondary N) is 2. The summed E-state index contributed by atoms with van der Waals surface area (Å²) in [6.45, 7) is 5.07. The summed E-state index contributed by atoms with van der Waals surface area (Å²) in [6, 6.07) is 8.89. The average molecular weight is 449 g/mol. The lowest BCUT2D eigenvalue weighted by atomic mass is 10.2. The number of hydrogen-bond donors (Lipinski definition) is 4. The second-order valence-corrected chi connectivity index (χ2v) is 8.04. The maximum atomic E-state index is 12.8. The number of amides is 1. The first kappa shape index (κ1) is 23.5. The summed E-state index contributed by atoms with van der Waals surface area (Å²) in [5.41, 5.74) is 10.6. The number of carbonyl (C=O) groups excluding carboxylic acids is 1. The molecule has 2 aromatic rings. The Morgan fingerprint density at radius 3 is 2.52 bits per heavy atom. The van der Waals surface area contributed by atoms with Gasteiger partial charge in [0, 0.05) is 5.69 Å². The molecule has 0 aliphatic heterocycles. The molecule has 1 aromatic carbocycles. The SMILES string of the molecule is C=Cc1ccc(S(=O)(=O)Nc2ccc(C)n(CC(=O)NCCON=C(N)N)c2=O)cc1. The van der Waals surface area contributed by atoms with E-state index in [0.29, 0.717) is 5.69 Å². The van der Waals surface area contributed by atoms with Crippen molar-refractivity contribution in [3.63, 3.8) is 0 Å². The maximum Gasteiger partial charge on any atom is 0.275 e. The molecule has 166 valence electrons. The van der Waals surface area contributed by atoms with Crippen LogP contribution in [0.3, 0.4) is 0 Å². The van der Waals surface area contributed by atoms with Crippen LogP contribution in [0, 0.1) is 6.92 Å². The number of hydrogen-bond acceptors (Lipinski definition) is 6. The highest BCUT2D eigenvalue weighted by Crippen LogP contribution is 2.15. The third kappa shape index (κ3) is 6.60. The number of oxime groups is 1. The molecule has 1 amide bonds. The molecule has 0 saturated heterocycles. The normalized spacial score (nSPS) is 10.7. The van der Waals surface area contributed by atoms with Crippen molar-refractivity contribution in [1.82, 2.24) is 9.88 Å². The zero-order valence-electron chi connectivity index (χ0n) is 16.9. The molecule has 0 radical (unpaired) electrons. The molecule has 0 fully saturated rings. The Hall–Kier alpha value is -3.80. The van der Waals surface area contributed by atoms with E-state index in [2.05, 4.69) is 21.8 Å². The largest absolute Gasteiger partial charge is 0.391 e. The molecule has 12 heteroatoms. The lowest BCUT2D eigenvalue weighted by molar-refractivity contribution is -0.122. The standard InChI is InChI=1S/C19H24N6O5S/c1-3-14-5-7-15(8-6-14)31(28,29)24-16-9-4-13(2)25(18(16)27)12-17(26)22-10-11-30-23-19(20)21/h3-9,24H,1,10-12H2,2H3,(H,22,26)(H4,20,21,23). The molecule has 0 aliphatic rings. The van der Waals surface area contributed by atoms with Gasteiger partial charge in [-0.3, -0.25) is 14.3 Å². The molecule has 1 heterocycles. The number of pyridine rings is 1. The number of nitrogens with zero attached hydrogens (tertiary/aromatic N) is 2. The van der Waals surface area contributed by atoms with Crippen molar-refractivity contribution in [2.24, 2.45) is 16.6 Å². The van der Waals surface area contributed by atoms with Crippen molar-refractivity contribution >= 4 is 33.7 Å². The van der Waals surface area contributed by atoms with Gasteiger partial charge in [-0.05, 0) is 41.9 Å². The second-order valence-electron chi connectivity index (χ2n) is 6.36. The van der Waals surface area contributed by atoms with E-state index in [-0.39, 0.29) is 36.2 Å². The van der Waals surface area contributed by atoms with Gasteiger partial charge in [-0.2, -0.15) is 0 Å². The van der Waals surface area contributed by atoms with Gasteiger partial charge in [-0.1, -0.05) is 24.8 Å². The highest BCUT2D eigenvalue weighted by molar-refractivity contribution is 7.92. The van der Waals surface area contributed by atoms with Crippen molar-refractivity contribution in [3.8, 4) is 0 Å². The highest BCUT2D eigenvalue weighted by Gasteiger charge is 2.18. The molecule has 0 saturated carbocycles. The van der Waals surface area contributed by atoms with E-state index in [1.54, 1.807) is 25.1 Å². The third-order valence-electron chi connectivity index (χ3n) is 4.05. The smallest absolute Gasteiger partial charge is 0.275 e. The molecular weight excluding hydrogens is 424 g/mol. The number of sulfonamides is 1. The molecule has 1 aromatic heterocycles. The Kier molecular flexibility index (Phi) is 7.80. The Bertz CT molecular complexity index is 1140. The highest BCUT2D eigenvalue weighted by atomic mass is 32.2. The van der Waals surface area contributed by atoms with E-state index >= 15 is 0 Å². The van der Waals surface area contributed by atoms with Gasteiger partial charge in [0.05, 0.1) is 11.4 Å². The summed E-state index contributed by atoms with van der Waals surface area (Å²) in [7, 11) is -3.99. The predicted octanol–water partition coefficient (Wildman–Crippen LogP) is -0.0783. The summed E-state index contributed by atoms with van der Waals surface area (Å²) in [4.78, 5) is 29.6. The molecule has 6 N–H and O–H groups in total. The molecule has 0 spiro atoms. The molecule has 2 rings (SSSR count).